The largest absolute Gasteiger partial charge is 0.400 e. The number of nitrogens with zero attached hydrogens (tertiary/aromatic N) is 3. The number of aliphatic imine (C=N–C) groups is 1. The van der Waals surface area contributed by atoms with Gasteiger partial charge in [0.25, 0.3) is 0 Å². The average molecular weight is 396 g/mol. The molecule has 8 heteroatoms. The van der Waals surface area contributed by atoms with E-state index in [1.807, 2.05) is 30.3 Å². The minimum absolute atomic E-state index is 0.153. The van der Waals surface area contributed by atoms with E-state index < -0.39 is 0 Å². The molecule has 2 aliphatic heterocycles. The topological polar surface area (TPSA) is 102 Å². The third-order valence-electron chi connectivity index (χ3n) is 4.81. The molecular formula is C20H22ClN7. The van der Waals surface area contributed by atoms with Crippen molar-refractivity contribution in [2.75, 3.05) is 36.4 Å². The molecule has 1 fully saturated rings. The van der Waals surface area contributed by atoms with Gasteiger partial charge in [0.2, 0.25) is 0 Å². The number of allylic oxidation sites excluding steroid dienone is 1. The highest BCUT2D eigenvalue weighted by Crippen LogP contribution is 2.30. The van der Waals surface area contributed by atoms with E-state index >= 15 is 0 Å². The number of aromatic nitrogens is 1. The Morgan fingerprint density at radius 2 is 1.96 bits per heavy atom. The van der Waals surface area contributed by atoms with Crippen molar-refractivity contribution in [3.05, 3.63) is 64.1 Å². The number of nitrogens with two attached hydrogens (primary N) is 1. The number of hydrogen-bond acceptors (Lipinski definition) is 6. The lowest BCUT2D eigenvalue weighted by molar-refractivity contribution is 0.585. The Kier molecular flexibility index (Phi) is 5.02. The number of rotatable bonds is 2. The second-order valence-corrected chi connectivity index (χ2v) is 7.20. The van der Waals surface area contributed by atoms with Crippen LogP contribution in [0.15, 0.2) is 52.9 Å². The minimum Gasteiger partial charge on any atom is -0.400 e. The number of anilines is 2. The van der Waals surface area contributed by atoms with Crippen molar-refractivity contribution < 1.29 is 0 Å². The molecule has 0 unspecified atom stereocenters. The summed E-state index contributed by atoms with van der Waals surface area (Å²) in [7, 11) is 0. The highest BCUT2D eigenvalue weighted by atomic mass is 35.5. The van der Waals surface area contributed by atoms with Crippen LogP contribution in [0.1, 0.15) is 18.1 Å². The third kappa shape index (κ3) is 3.46. The molecule has 0 bridgehead atoms. The van der Waals surface area contributed by atoms with E-state index in [1.54, 1.807) is 13.1 Å². The molecule has 3 heterocycles. The van der Waals surface area contributed by atoms with Crippen molar-refractivity contribution in [2.45, 2.75) is 6.92 Å². The molecule has 1 aromatic carbocycles. The third-order valence-corrected chi connectivity index (χ3v) is 5.14. The summed E-state index contributed by atoms with van der Waals surface area (Å²) in [6.45, 7) is 5.37. The predicted molar refractivity (Wildman–Crippen MR) is 115 cm³/mol. The lowest BCUT2D eigenvalue weighted by Gasteiger charge is -2.29. The Balaban J connectivity index is 1.87. The fourth-order valence-electron chi connectivity index (χ4n) is 3.37. The number of piperazine rings is 1. The Hall–Kier alpha value is -2.90. The fraction of sp³-hybridized carbons (Fsp3) is 0.250. The number of amidine groups is 1. The summed E-state index contributed by atoms with van der Waals surface area (Å²) in [6.07, 6.45) is 1.80. The summed E-state index contributed by atoms with van der Waals surface area (Å²) < 4.78 is 0. The molecule has 0 amide bonds. The van der Waals surface area contributed by atoms with E-state index in [2.05, 4.69) is 20.5 Å². The first-order chi connectivity index (χ1) is 13.5. The number of halogens is 1. The van der Waals surface area contributed by atoms with E-state index in [1.165, 1.54) is 0 Å². The molecule has 2 aliphatic rings. The van der Waals surface area contributed by atoms with Crippen molar-refractivity contribution in [1.82, 2.24) is 10.3 Å². The molecule has 0 aliphatic carbocycles. The van der Waals surface area contributed by atoms with Crippen LogP contribution in [0.3, 0.4) is 0 Å². The molecule has 5 N–H and O–H groups in total. The van der Waals surface area contributed by atoms with E-state index in [0.29, 0.717) is 22.1 Å². The molecule has 0 radical (unpaired) electrons. The highest BCUT2D eigenvalue weighted by Gasteiger charge is 2.24. The zero-order valence-corrected chi connectivity index (χ0v) is 16.3. The predicted octanol–water partition coefficient (Wildman–Crippen LogP) is 2.57. The first-order valence-electron chi connectivity index (χ1n) is 9.16. The van der Waals surface area contributed by atoms with E-state index in [-0.39, 0.29) is 5.84 Å². The maximum absolute atomic E-state index is 8.44. The smallest absolute Gasteiger partial charge is 0.150 e. The van der Waals surface area contributed by atoms with Crippen LogP contribution < -0.4 is 21.3 Å². The lowest BCUT2D eigenvalue weighted by atomic mass is 10.0. The fourth-order valence-corrected chi connectivity index (χ4v) is 3.59. The first kappa shape index (κ1) is 18.5. The van der Waals surface area contributed by atoms with Gasteiger partial charge in [-0.05, 0) is 13.0 Å². The van der Waals surface area contributed by atoms with Crippen LogP contribution in [0.4, 0.5) is 11.5 Å². The van der Waals surface area contributed by atoms with Gasteiger partial charge in [0.1, 0.15) is 11.5 Å². The lowest BCUT2D eigenvalue weighted by Crippen LogP contribution is -2.43. The number of nitrogens with one attached hydrogen (secondary N) is 3. The molecular weight excluding hydrogens is 374 g/mol. The molecule has 0 saturated carbocycles. The van der Waals surface area contributed by atoms with E-state index in [0.717, 1.165) is 48.8 Å². The molecule has 1 saturated heterocycles. The van der Waals surface area contributed by atoms with Crippen LogP contribution in [0.5, 0.6) is 0 Å². The Labute approximate surface area is 168 Å². The number of pyridine rings is 1. The molecule has 144 valence electrons. The van der Waals surface area contributed by atoms with E-state index in [4.69, 9.17) is 27.7 Å². The van der Waals surface area contributed by atoms with Crippen LogP contribution in [-0.2, 0) is 0 Å². The van der Waals surface area contributed by atoms with Crippen molar-refractivity contribution in [3.63, 3.8) is 0 Å². The summed E-state index contributed by atoms with van der Waals surface area (Å²) in [5.74, 6) is 1.02. The number of benzene rings is 1. The Morgan fingerprint density at radius 1 is 1.21 bits per heavy atom. The maximum atomic E-state index is 8.44. The molecule has 0 spiro atoms. The standard InChI is InChI=1S/C20H22ClN7/c1-12(22)18-20(23)26-16-10-17(28-8-6-24-7-9-28)25-11-14(16)19(27-18)13-4-2-3-5-15(13)21/h2-5,10-11,24H,6-9,22H2,1H3,(H2,23,26)/b18-12+. The minimum atomic E-state index is 0.153. The quantitative estimate of drug-likeness (QED) is 0.626. The van der Waals surface area contributed by atoms with Gasteiger partial charge >= 0.3 is 0 Å². The zero-order chi connectivity index (χ0) is 19.7. The Bertz CT molecular complexity index is 986. The molecule has 7 nitrogen and oxygen atoms in total. The van der Waals surface area contributed by atoms with Gasteiger partial charge in [0.05, 0.1) is 11.4 Å². The van der Waals surface area contributed by atoms with Gasteiger partial charge in [-0.2, -0.15) is 0 Å². The Morgan fingerprint density at radius 3 is 2.68 bits per heavy atom. The summed E-state index contributed by atoms with van der Waals surface area (Å²) >= 11 is 6.46. The molecule has 1 aromatic heterocycles. The average Bonchev–Trinajstić information content (AvgIpc) is 2.84. The molecule has 4 rings (SSSR count). The van der Waals surface area contributed by atoms with Crippen molar-refractivity contribution in [2.24, 2.45) is 10.7 Å². The molecule has 28 heavy (non-hydrogen) atoms. The van der Waals surface area contributed by atoms with Crippen LogP contribution in [0, 0.1) is 5.41 Å². The summed E-state index contributed by atoms with van der Waals surface area (Å²) in [5.41, 5.74) is 9.85. The van der Waals surface area contributed by atoms with Gasteiger partial charge in [0.15, 0.2) is 5.84 Å². The monoisotopic (exact) mass is 395 g/mol. The van der Waals surface area contributed by atoms with E-state index in [9.17, 15) is 0 Å². The normalized spacial score (nSPS) is 18.7. The first-order valence-corrected chi connectivity index (χ1v) is 9.54. The summed E-state index contributed by atoms with van der Waals surface area (Å²) in [5, 5.41) is 15.5. The number of fused-ring (bicyclic) bond motifs is 1. The van der Waals surface area contributed by atoms with Gasteiger partial charge in [-0.25, -0.2) is 9.98 Å². The second-order valence-electron chi connectivity index (χ2n) is 6.80. The van der Waals surface area contributed by atoms with Gasteiger partial charge in [-0.15, -0.1) is 0 Å². The summed E-state index contributed by atoms with van der Waals surface area (Å²) in [6, 6.07) is 9.49. The van der Waals surface area contributed by atoms with Crippen molar-refractivity contribution >= 4 is 34.7 Å². The van der Waals surface area contributed by atoms with Crippen LogP contribution in [-0.4, -0.2) is 42.7 Å². The SMILES string of the molecule is C/C(N)=C1\N=C(c2ccccc2Cl)c2cnc(N3CCNCC3)cc2NC1=N. The van der Waals surface area contributed by atoms with Gasteiger partial charge in [-0.1, -0.05) is 29.8 Å². The molecule has 2 aromatic rings. The van der Waals surface area contributed by atoms with Crippen LogP contribution >= 0.6 is 11.6 Å². The van der Waals surface area contributed by atoms with Gasteiger partial charge in [-0.3, -0.25) is 5.41 Å². The van der Waals surface area contributed by atoms with Crippen LogP contribution in [0.2, 0.25) is 5.02 Å². The van der Waals surface area contributed by atoms with Crippen molar-refractivity contribution in [1.29, 1.82) is 5.41 Å². The summed E-state index contributed by atoms with van der Waals surface area (Å²) in [4.78, 5) is 11.6. The van der Waals surface area contributed by atoms with Crippen molar-refractivity contribution in [3.8, 4) is 0 Å². The highest BCUT2D eigenvalue weighted by molar-refractivity contribution is 6.36. The molecule has 0 atom stereocenters. The maximum Gasteiger partial charge on any atom is 0.150 e. The van der Waals surface area contributed by atoms with Gasteiger partial charge in [0, 0.05) is 60.3 Å². The van der Waals surface area contributed by atoms with Gasteiger partial charge < -0.3 is 21.3 Å². The zero-order valence-electron chi connectivity index (χ0n) is 15.6. The van der Waals surface area contributed by atoms with Crippen LogP contribution in [0.25, 0.3) is 0 Å². The number of hydrogen-bond donors (Lipinski definition) is 4. The second kappa shape index (κ2) is 7.61.